The van der Waals surface area contributed by atoms with Gasteiger partial charge in [-0.3, -0.25) is 0 Å². The van der Waals surface area contributed by atoms with Gasteiger partial charge in [0.2, 0.25) is 0 Å². The van der Waals surface area contributed by atoms with Crippen molar-refractivity contribution in [3.8, 4) is 0 Å². The molecule has 0 aliphatic carbocycles. The highest BCUT2D eigenvalue weighted by atomic mass is 79.9. The molecule has 0 saturated carbocycles. The van der Waals surface area contributed by atoms with Crippen LogP contribution in [0.15, 0.2) is 22.8 Å². The first-order valence-corrected chi connectivity index (χ1v) is 7.55. The molecular weight excluding hydrogens is 310 g/mol. The smallest absolute Gasteiger partial charge is 0.131 e. The summed E-state index contributed by atoms with van der Waals surface area (Å²) in [6, 6.07) is 6.48. The maximum atomic E-state index is 4.48. The summed E-state index contributed by atoms with van der Waals surface area (Å²) in [6.07, 6.45) is 0.834. The van der Waals surface area contributed by atoms with Crippen molar-refractivity contribution >= 4 is 33.1 Å². The highest BCUT2D eigenvalue weighted by Crippen LogP contribution is 2.25. The van der Waals surface area contributed by atoms with Crippen LogP contribution in [0.25, 0.3) is 0 Å². The van der Waals surface area contributed by atoms with Gasteiger partial charge in [-0.25, -0.2) is 9.97 Å². The molecule has 96 valence electrons. The van der Waals surface area contributed by atoms with Crippen molar-refractivity contribution in [3.63, 3.8) is 0 Å². The van der Waals surface area contributed by atoms with E-state index in [1.54, 1.807) is 0 Å². The van der Waals surface area contributed by atoms with Gasteiger partial charge in [0.05, 0.1) is 6.04 Å². The van der Waals surface area contributed by atoms with Gasteiger partial charge in [0.15, 0.2) is 0 Å². The monoisotopic (exact) mass is 325 g/mol. The molecule has 0 amide bonds. The molecule has 3 nitrogen and oxygen atoms in total. The minimum Gasteiger partial charge on any atom is -0.363 e. The number of hydrogen-bond donors (Lipinski definition) is 1. The van der Waals surface area contributed by atoms with Gasteiger partial charge in [0.25, 0.3) is 0 Å². The Morgan fingerprint density at radius 1 is 1.39 bits per heavy atom. The number of aromatic nitrogens is 2. The van der Waals surface area contributed by atoms with E-state index in [0.717, 1.165) is 22.7 Å². The fourth-order valence-corrected chi connectivity index (χ4v) is 2.98. The summed E-state index contributed by atoms with van der Waals surface area (Å²) < 4.78 is 0.825. The van der Waals surface area contributed by atoms with E-state index >= 15 is 0 Å². The maximum absolute atomic E-state index is 4.48. The lowest BCUT2D eigenvalue weighted by Gasteiger charge is -2.13. The van der Waals surface area contributed by atoms with Gasteiger partial charge in [-0.05, 0) is 41.9 Å². The van der Waals surface area contributed by atoms with Crippen LogP contribution in [0.1, 0.15) is 35.5 Å². The number of rotatable bonds is 4. The molecule has 5 heteroatoms. The van der Waals surface area contributed by atoms with E-state index < -0.39 is 0 Å². The zero-order valence-electron chi connectivity index (χ0n) is 10.7. The Kier molecular flexibility index (Phi) is 4.35. The fourth-order valence-electron chi connectivity index (χ4n) is 1.68. The first-order chi connectivity index (χ1) is 8.58. The van der Waals surface area contributed by atoms with Gasteiger partial charge in [-0.1, -0.05) is 6.92 Å². The molecule has 18 heavy (non-hydrogen) atoms. The predicted molar refractivity (Wildman–Crippen MR) is 80.2 cm³/mol. The Morgan fingerprint density at radius 3 is 2.78 bits per heavy atom. The Bertz CT molecular complexity index is 539. The van der Waals surface area contributed by atoms with Crippen molar-refractivity contribution in [2.24, 2.45) is 0 Å². The first kappa shape index (κ1) is 13.5. The molecule has 1 atom stereocenters. The molecule has 0 bridgehead atoms. The third-order valence-corrected chi connectivity index (χ3v) is 4.20. The van der Waals surface area contributed by atoms with Crippen LogP contribution < -0.4 is 5.32 Å². The van der Waals surface area contributed by atoms with Crippen LogP contribution in [0.2, 0.25) is 0 Å². The van der Waals surface area contributed by atoms with E-state index in [1.807, 2.05) is 17.4 Å². The summed E-state index contributed by atoms with van der Waals surface area (Å²) in [4.78, 5) is 11.4. The second kappa shape index (κ2) is 5.80. The van der Waals surface area contributed by atoms with Crippen molar-refractivity contribution < 1.29 is 0 Å². The van der Waals surface area contributed by atoms with Crippen molar-refractivity contribution in [1.29, 1.82) is 0 Å². The van der Waals surface area contributed by atoms with Crippen molar-refractivity contribution in [3.05, 3.63) is 38.4 Å². The van der Waals surface area contributed by atoms with E-state index in [1.165, 1.54) is 9.75 Å². The van der Waals surface area contributed by atoms with Gasteiger partial charge in [0, 0.05) is 22.2 Å². The Morgan fingerprint density at radius 2 is 2.17 bits per heavy atom. The summed E-state index contributed by atoms with van der Waals surface area (Å²) in [5, 5.41) is 3.42. The standard InChI is InChI=1S/C13H16BrN3S/c1-4-12-16-11(14)7-13(17-12)15-9(3)10-6-5-8(2)18-10/h5-7,9H,4H2,1-3H3,(H,15,16,17). The number of thiophene rings is 1. The summed E-state index contributed by atoms with van der Waals surface area (Å²) in [5.74, 6) is 1.72. The van der Waals surface area contributed by atoms with E-state index in [9.17, 15) is 0 Å². The molecule has 0 aliphatic rings. The molecule has 0 fully saturated rings. The Labute approximate surface area is 120 Å². The van der Waals surface area contributed by atoms with Gasteiger partial charge < -0.3 is 5.32 Å². The van der Waals surface area contributed by atoms with Crippen molar-refractivity contribution in [2.45, 2.75) is 33.2 Å². The number of aryl methyl sites for hydroxylation is 2. The molecule has 2 heterocycles. The van der Waals surface area contributed by atoms with E-state index in [4.69, 9.17) is 0 Å². The lowest BCUT2D eigenvalue weighted by Crippen LogP contribution is -2.08. The van der Waals surface area contributed by atoms with Crippen LogP contribution in [0, 0.1) is 6.92 Å². The minimum atomic E-state index is 0.259. The Balaban J connectivity index is 2.16. The van der Waals surface area contributed by atoms with Crippen LogP contribution in [0.3, 0.4) is 0 Å². The van der Waals surface area contributed by atoms with Crippen LogP contribution >= 0.6 is 27.3 Å². The average molecular weight is 326 g/mol. The second-order valence-corrected chi connectivity index (χ2v) is 6.29. The van der Waals surface area contributed by atoms with Gasteiger partial charge in [-0.2, -0.15) is 0 Å². The molecule has 0 saturated heterocycles. The maximum Gasteiger partial charge on any atom is 0.131 e. The molecule has 1 unspecified atom stereocenters. The van der Waals surface area contributed by atoms with Crippen LogP contribution in [0.5, 0.6) is 0 Å². The first-order valence-electron chi connectivity index (χ1n) is 5.95. The summed E-state index contributed by atoms with van der Waals surface area (Å²) in [5.41, 5.74) is 0. The molecule has 0 aromatic carbocycles. The third-order valence-electron chi connectivity index (χ3n) is 2.61. The summed E-state index contributed by atoms with van der Waals surface area (Å²) in [6.45, 7) is 6.32. The zero-order valence-corrected chi connectivity index (χ0v) is 13.1. The summed E-state index contributed by atoms with van der Waals surface area (Å²) in [7, 11) is 0. The third kappa shape index (κ3) is 3.29. The molecule has 2 aromatic heterocycles. The minimum absolute atomic E-state index is 0.259. The summed E-state index contributed by atoms with van der Waals surface area (Å²) >= 11 is 5.23. The fraction of sp³-hybridized carbons (Fsp3) is 0.385. The average Bonchev–Trinajstić information content (AvgIpc) is 2.75. The highest BCUT2D eigenvalue weighted by molar-refractivity contribution is 9.10. The normalized spacial score (nSPS) is 12.4. The highest BCUT2D eigenvalue weighted by Gasteiger charge is 2.09. The van der Waals surface area contributed by atoms with Gasteiger partial charge in [-0.15, -0.1) is 11.3 Å². The van der Waals surface area contributed by atoms with Gasteiger partial charge >= 0.3 is 0 Å². The number of nitrogens with one attached hydrogen (secondary N) is 1. The molecule has 2 rings (SSSR count). The lowest BCUT2D eigenvalue weighted by atomic mass is 10.2. The SMILES string of the molecule is CCc1nc(Br)cc(NC(C)c2ccc(C)s2)n1. The van der Waals surface area contributed by atoms with E-state index in [2.05, 4.69) is 64.1 Å². The zero-order chi connectivity index (χ0) is 13.1. The molecular formula is C13H16BrN3S. The van der Waals surface area contributed by atoms with E-state index in [-0.39, 0.29) is 6.04 Å². The van der Waals surface area contributed by atoms with Crippen LogP contribution in [0.4, 0.5) is 5.82 Å². The molecule has 0 spiro atoms. The number of halogens is 1. The lowest BCUT2D eigenvalue weighted by molar-refractivity contribution is 0.868. The van der Waals surface area contributed by atoms with Crippen molar-refractivity contribution in [2.75, 3.05) is 5.32 Å². The predicted octanol–water partition coefficient (Wildman–Crippen LogP) is 4.34. The van der Waals surface area contributed by atoms with E-state index in [0.29, 0.717) is 0 Å². The van der Waals surface area contributed by atoms with Crippen molar-refractivity contribution in [1.82, 2.24) is 9.97 Å². The quantitative estimate of drug-likeness (QED) is 0.849. The largest absolute Gasteiger partial charge is 0.363 e. The Hall–Kier alpha value is -0.940. The topological polar surface area (TPSA) is 37.8 Å². The molecule has 0 aliphatic heterocycles. The van der Waals surface area contributed by atoms with Gasteiger partial charge in [0.1, 0.15) is 16.2 Å². The van der Waals surface area contributed by atoms with Crippen LogP contribution in [-0.2, 0) is 6.42 Å². The number of nitrogens with zero attached hydrogens (tertiary/aromatic N) is 2. The van der Waals surface area contributed by atoms with Crippen LogP contribution in [-0.4, -0.2) is 9.97 Å². The second-order valence-electron chi connectivity index (χ2n) is 4.16. The number of hydrogen-bond acceptors (Lipinski definition) is 4. The number of anilines is 1. The molecule has 0 radical (unpaired) electrons. The molecule has 2 aromatic rings. The molecule has 1 N–H and O–H groups in total.